The molecule has 2 aromatic carbocycles. The molecule has 134 valence electrons. The van der Waals surface area contributed by atoms with Gasteiger partial charge in [0.1, 0.15) is 17.3 Å². The number of rotatable bonds is 6. The fourth-order valence-corrected chi connectivity index (χ4v) is 2.67. The summed E-state index contributed by atoms with van der Waals surface area (Å²) < 4.78 is 31.6. The van der Waals surface area contributed by atoms with Crippen molar-refractivity contribution in [1.29, 1.82) is 0 Å². The molecule has 0 atom stereocenters. The van der Waals surface area contributed by atoms with E-state index in [1.54, 1.807) is 6.07 Å². The van der Waals surface area contributed by atoms with Gasteiger partial charge in [-0.15, -0.1) is 0 Å². The lowest BCUT2D eigenvalue weighted by atomic mass is 10.0. The predicted octanol–water partition coefficient (Wildman–Crippen LogP) is 2.80. The van der Waals surface area contributed by atoms with Gasteiger partial charge >= 0.3 is 0 Å². The Hall–Kier alpha value is -3.06. The average molecular weight is 358 g/mol. The third kappa shape index (κ3) is 3.48. The van der Waals surface area contributed by atoms with E-state index in [1.807, 2.05) is 0 Å². The molecule has 3 rings (SSSR count). The van der Waals surface area contributed by atoms with Crippen LogP contribution in [0.4, 0.5) is 14.5 Å². The minimum absolute atomic E-state index is 0.0170. The van der Waals surface area contributed by atoms with E-state index in [0.717, 1.165) is 4.90 Å². The van der Waals surface area contributed by atoms with Crippen molar-refractivity contribution in [1.82, 2.24) is 4.90 Å². The minimum Gasteiger partial charge on any atom is -0.383 e. The molecule has 0 radical (unpaired) electrons. The summed E-state index contributed by atoms with van der Waals surface area (Å²) in [6, 6.07) is 10.8. The number of methoxy groups -OCH3 is 1. The molecule has 0 spiro atoms. The summed E-state index contributed by atoms with van der Waals surface area (Å²) in [5.41, 5.74) is 0.844. The maximum Gasteiger partial charge on any atom is 0.278 e. The van der Waals surface area contributed by atoms with Crippen LogP contribution in [0.5, 0.6) is 0 Å². The first-order valence-corrected chi connectivity index (χ1v) is 7.89. The fraction of sp³-hybridized carbons (Fsp3) is 0.158. The van der Waals surface area contributed by atoms with Gasteiger partial charge in [0, 0.05) is 12.8 Å². The third-order valence-corrected chi connectivity index (χ3v) is 3.91. The van der Waals surface area contributed by atoms with Gasteiger partial charge in [-0.1, -0.05) is 18.2 Å². The third-order valence-electron chi connectivity index (χ3n) is 3.91. The summed E-state index contributed by atoms with van der Waals surface area (Å²) in [5.74, 6) is -2.00. The van der Waals surface area contributed by atoms with Crippen LogP contribution in [0.1, 0.15) is 5.56 Å². The Morgan fingerprint density at radius 3 is 2.38 bits per heavy atom. The monoisotopic (exact) mass is 358 g/mol. The zero-order valence-corrected chi connectivity index (χ0v) is 14.0. The molecule has 0 aliphatic carbocycles. The smallest absolute Gasteiger partial charge is 0.278 e. The Morgan fingerprint density at radius 1 is 1.00 bits per heavy atom. The summed E-state index contributed by atoms with van der Waals surface area (Å²) >= 11 is 0. The van der Waals surface area contributed by atoms with Crippen molar-refractivity contribution in [3.05, 3.63) is 71.4 Å². The van der Waals surface area contributed by atoms with Crippen LogP contribution in [0.15, 0.2) is 54.2 Å². The lowest BCUT2D eigenvalue weighted by Crippen LogP contribution is -2.35. The van der Waals surface area contributed by atoms with Gasteiger partial charge in [-0.25, -0.2) is 8.78 Å². The van der Waals surface area contributed by atoms with Gasteiger partial charge in [0.25, 0.3) is 11.8 Å². The zero-order chi connectivity index (χ0) is 18.7. The summed E-state index contributed by atoms with van der Waals surface area (Å²) in [6.07, 6.45) is 0. The maximum absolute atomic E-state index is 13.4. The van der Waals surface area contributed by atoms with E-state index in [9.17, 15) is 18.4 Å². The molecule has 0 bridgehead atoms. The summed E-state index contributed by atoms with van der Waals surface area (Å²) in [7, 11) is 1.46. The lowest BCUT2D eigenvalue weighted by molar-refractivity contribution is -0.137. The highest BCUT2D eigenvalue weighted by Crippen LogP contribution is 2.30. The Bertz CT molecular complexity index is 879. The molecule has 0 saturated carbocycles. The average Bonchev–Trinajstić information content (AvgIpc) is 2.84. The molecule has 1 heterocycles. The molecule has 2 amide bonds. The van der Waals surface area contributed by atoms with Gasteiger partial charge in [0.05, 0.1) is 18.7 Å². The van der Waals surface area contributed by atoms with Crippen LogP contribution in [-0.2, 0) is 14.3 Å². The van der Waals surface area contributed by atoms with E-state index in [4.69, 9.17) is 4.74 Å². The second-order valence-electron chi connectivity index (χ2n) is 5.65. The summed E-state index contributed by atoms with van der Waals surface area (Å²) in [5, 5.41) is 2.82. The Labute approximate surface area is 148 Å². The number of imide groups is 1. The van der Waals surface area contributed by atoms with Gasteiger partial charge in [-0.3, -0.25) is 14.5 Å². The van der Waals surface area contributed by atoms with Crippen LogP contribution in [0.25, 0.3) is 5.57 Å². The topological polar surface area (TPSA) is 58.6 Å². The highest BCUT2D eigenvalue weighted by molar-refractivity contribution is 6.36. The first-order chi connectivity index (χ1) is 12.5. The first kappa shape index (κ1) is 17.8. The van der Waals surface area contributed by atoms with Crippen molar-refractivity contribution in [3.8, 4) is 0 Å². The molecule has 7 heteroatoms. The van der Waals surface area contributed by atoms with Gasteiger partial charge < -0.3 is 10.1 Å². The number of hydrogen-bond donors (Lipinski definition) is 1. The van der Waals surface area contributed by atoms with Crippen LogP contribution in [-0.4, -0.2) is 37.0 Å². The number of anilines is 1. The van der Waals surface area contributed by atoms with E-state index >= 15 is 0 Å². The van der Waals surface area contributed by atoms with Crippen LogP contribution in [0, 0.1) is 11.6 Å². The summed E-state index contributed by atoms with van der Waals surface area (Å²) in [4.78, 5) is 26.5. The summed E-state index contributed by atoms with van der Waals surface area (Å²) in [6.45, 7) is 0.259. The fourth-order valence-electron chi connectivity index (χ4n) is 2.67. The Balaban J connectivity index is 2.03. The molecule has 0 saturated heterocycles. The van der Waals surface area contributed by atoms with E-state index in [2.05, 4.69) is 5.32 Å². The molecule has 26 heavy (non-hydrogen) atoms. The van der Waals surface area contributed by atoms with E-state index in [0.29, 0.717) is 11.3 Å². The molecule has 0 unspecified atom stereocenters. The molecule has 2 aromatic rings. The number of nitrogens with one attached hydrogen (secondary N) is 1. The first-order valence-electron chi connectivity index (χ1n) is 7.89. The van der Waals surface area contributed by atoms with E-state index < -0.39 is 23.4 Å². The number of carbonyl (C=O) groups excluding carboxylic acids is 2. The molecule has 1 aliphatic rings. The molecular weight excluding hydrogens is 342 g/mol. The number of carbonyl (C=O) groups is 2. The van der Waals surface area contributed by atoms with Crippen molar-refractivity contribution in [2.75, 3.05) is 25.6 Å². The standard InChI is InChI=1S/C19H16F2N2O3/c1-26-10-9-23-18(24)16(12-5-7-13(20)8-6-12)17(19(23)25)22-15-4-2-3-14(21)11-15/h2-8,11,22H,9-10H2,1H3. The van der Waals surface area contributed by atoms with Crippen LogP contribution < -0.4 is 5.32 Å². The highest BCUT2D eigenvalue weighted by atomic mass is 19.1. The number of hydrogen-bond acceptors (Lipinski definition) is 4. The Kier molecular flexibility index (Phi) is 5.09. The quantitative estimate of drug-likeness (QED) is 0.807. The van der Waals surface area contributed by atoms with E-state index in [-0.39, 0.29) is 24.4 Å². The van der Waals surface area contributed by atoms with Crippen molar-refractivity contribution >= 4 is 23.1 Å². The van der Waals surface area contributed by atoms with Crippen molar-refractivity contribution < 1.29 is 23.1 Å². The molecule has 1 N–H and O–H groups in total. The Morgan fingerprint density at radius 2 is 1.73 bits per heavy atom. The van der Waals surface area contributed by atoms with Crippen LogP contribution in [0.3, 0.4) is 0 Å². The second-order valence-corrected chi connectivity index (χ2v) is 5.65. The van der Waals surface area contributed by atoms with Crippen molar-refractivity contribution in [2.45, 2.75) is 0 Å². The molecule has 5 nitrogen and oxygen atoms in total. The number of amides is 2. The second kappa shape index (κ2) is 7.45. The molecular formula is C19H16F2N2O3. The maximum atomic E-state index is 13.4. The SMILES string of the molecule is COCCN1C(=O)C(Nc2cccc(F)c2)=C(c2ccc(F)cc2)C1=O. The van der Waals surface area contributed by atoms with Gasteiger partial charge in [0.15, 0.2) is 0 Å². The number of benzene rings is 2. The van der Waals surface area contributed by atoms with Crippen molar-refractivity contribution in [2.24, 2.45) is 0 Å². The van der Waals surface area contributed by atoms with Gasteiger partial charge in [0.2, 0.25) is 0 Å². The molecule has 1 aliphatic heterocycles. The molecule has 0 fully saturated rings. The number of nitrogens with zero attached hydrogens (tertiary/aromatic N) is 1. The highest BCUT2D eigenvalue weighted by Gasteiger charge is 2.38. The predicted molar refractivity (Wildman–Crippen MR) is 91.9 cm³/mol. The molecule has 0 aromatic heterocycles. The normalized spacial score (nSPS) is 14.3. The van der Waals surface area contributed by atoms with Crippen LogP contribution >= 0.6 is 0 Å². The van der Waals surface area contributed by atoms with Gasteiger partial charge in [-0.2, -0.15) is 0 Å². The van der Waals surface area contributed by atoms with Crippen molar-refractivity contribution in [3.63, 3.8) is 0 Å². The minimum atomic E-state index is -0.546. The largest absolute Gasteiger partial charge is 0.383 e. The van der Waals surface area contributed by atoms with Crippen LogP contribution in [0.2, 0.25) is 0 Å². The van der Waals surface area contributed by atoms with Gasteiger partial charge in [-0.05, 0) is 35.9 Å². The van der Waals surface area contributed by atoms with E-state index in [1.165, 1.54) is 49.6 Å². The lowest BCUT2D eigenvalue weighted by Gasteiger charge is -2.14. The number of ether oxygens (including phenoxy) is 1. The zero-order valence-electron chi connectivity index (χ0n) is 14.0. The number of halogens is 2.